The predicted octanol–water partition coefficient (Wildman–Crippen LogP) is 1.32. The standard InChI is InChI=1S/C15H22FN3O/c1-17(2)6-7-18-8-10-19(11-9-18)15-5-3-4-14(16)13(15)12-20/h3-5,12H,6-11H2,1-2H3. The summed E-state index contributed by atoms with van der Waals surface area (Å²) in [7, 11) is 4.14. The largest absolute Gasteiger partial charge is 0.368 e. The monoisotopic (exact) mass is 279 g/mol. The first-order valence-corrected chi connectivity index (χ1v) is 6.97. The SMILES string of the molecule is CN(C)CCN1CCN(c2cccc(F)c2C=O)CC1. The van der Waals surface area contributed by atoms with Crippen LogP contribution in [0.1, 0.15) is 10.4 Å². The fourth-order valence-electron chi connectivity index (χ4n) is 2.47. The molecule has 20 heavy (non-hydrogen) atoms. The average molecular weight is 279 g/mol. The van der Waals surface area contributed by atoms with E-state index in [1.165, 1.54) is 6.07 Å². The Morgan fingerprint density at radius 2 is 1.95 bits per heavy atom. The number of anilines is 1. The van der Waals surface area contributed by atoms with E-state index in [0.717, 1.165) is 39.3 Å². The van der Waals surface area contributed by atoms with Crippen LogP contribution in [0.5, 0.6) is 0 Å². The number of halogens is 1. The van der Waals surface area contributed by atoms with Crippen molar-refractivity contribution in [1.29, 1.82) is 0 Å². The molecular formula is C15H22FN3O. The van der Waals surface area contributed by atoms with Gasteiger partial charge in [0, 0.05) is 39.3 Å². The third kappa shape index (κ3) is 3.55. The van der Waals surface area contributed by atoms with Gasteiger partial charge in [-0.05, 0) is 26.2 Å². The fourth-order valence-corrected chi connectivity index (χ4v) is 2.47. The lowest BCUT2D eigenvalue weighted by Crippen LogP contribution is -2.48. The van der Waals surface area contributed by atoms with Crippen molar-refractivity contribution in [3.8, 4) is 0 Å². The Hall–Kier alpha value is -1.46. The van der Waals surface area contributed by atoms with Gasteiger partial charge in [0.05, 0.1) is 11.3 Å². The summed E-state index contributed by atoms with van der Waals surface area (Å²) in [4.78, 5) is 17.7. The maximum atomic E-state index is 13.6. The third-order valence-corrected chi connectivity index (χ3v) is 3.72. The normalized spacial score (nSPS) is 16.7. The zero-order valence-electron chi connectivity index (χ0n) is 12.2. The minimum Gasteiger partial charge on any atom is -0.368 e. The van der Waals surface area contributed by atoms with E-state index in [2.05, 4.69) is 28.8 Å². The Kier molecular flexibility index (Phi) is 5.09. The smallest absolute Gasteiger partial charge is 0.155 e. The number of piperazine rings is 1. The zero-order chi connectivity index (χ0) is 14.5. The highest BCUT2D eigenvalue weighted by Gasteiger charge is 2.20. The van der Waals surface area contributed by atoms with E-state index in [1.54, 1.807) is 6.07 Å². The van der Waals surface area contributed by atoms with Gasteiger partial charge in [-0.15, -0.1) is 0 Å². The van der Waals surface area contributed by atoms with Crippen LogP contribution in [0.4, 0.5) is 10.1 Å². The van der Waals surface area contributed by atoms with E-state index in [0.29, 0.717) is 12.0 Å². The molecule has 0 saturated carbocycles. The average Bonchev–Trinajstić information content (AvgIpc) is 2.45. The highest BCUT2D eigenvalue weighted by molar-refractivity contribution is 5.85. The van der Waals surface area contributed by atoms with Crippen LogP contribution in [0.15, 0.2) is 18.2 Å². The molecule has 1 aliphatic heterocycles. The molecule has 0 aromatic heterocycles. The Bertz CT molecular complexity index is 456. The van der Waals surface area contributed by atoms with Crippen LogP contribution in [-0.2, 0) is 0 Å². The summed E-state index contributed by atoms with van der Waals surface area (Å²) in [5, 5.41) is 0. The lowest BCUT2D eigenvalue weighted by atomic mass is 10.1. The highest BCUT2D eigenvalue weighted by atomic mass is 19.1. The molecule has 1 aromatic rings. The quantitative estimate of drug-likeness (QED) is 0.760. The topological polar surface area (TPSA) is 26.8 Å². The molecule has 0 atom stereocenters. The van der Waals surface area contributed by atoms with E-state index < -0.39 is 5.82 Å². The molecule has 0 N–H and O–H groups in total. The molecule has 1 saturated heterocycles. The van der Waals surface area contributed by atoms with Crippen LogP contribution in [0, 0.1) is 5.82 Å². The van der Waals surface area contributed by atoms with Crippen LogP contribution in [-0.4, -0.2) is 69.4 Å². The summed E-state index contributed by atoms with van der Waals surface area (Å²) in [6.45, 7) is 5.64. The number of carbonyl (C=O) groups excluding carboxylic acids is 1. The molecule has 5 heteroatoms. The maximum Gasteiger partial charge on any atom is 0.155 e. The van der Waals surface area contributed by atoms with E-state index in [9.17, 15) is 9.18 Å². The van der Waals surface area contributed by atoms with Crippen molar-refractivity contribution in [3.05, 3.63) is 29.6 Å². The minimum atomic E-state index is -0.437. The molecular weight excluding hydrogens is 257 g/mol. The van der Waals surface area contributed by atoms with Gasteiger partial charge in [0.25, 0.3) is 0 Å². The van der Waals surface area contributed by atoms with Crippen LogP contribution in [0.2, 0.25) is 0 Å². The first-order valence-electron chi connectivity index (χ1n) is 6.97. The highest BCUT2D eigenvalue weighted by Crippen LogP contribution is 2.22. The summed E-state index contributed by atoms with van der Waals surface area (Å²) >= 11 is 0. The van der Waals surface area contributed by atoms with Crippen molar-refractivity contribution < 1.29 is 9.18 Å². The summed E-state index contributed by atoms with van der Waals surface area (Å²) in [6.07, 6.45) is 0.614. The molecule has 0 amide bonds. The second kappa shape index (κ2) is 6.81. The maximum absolute atomic E-state index is 13.6. The summed E-state index contributed by atoms with van der Waals surface area (Å²) in [5.74, 6) is -0.437. The Morgan fingerprint density at radius 1 is 1.25 bits per heavy atom. The molecule has 1 aromatic carbocycles. The molecule has 1 fully saturated rings. The molecule has 2 rings (SSSR count). The molecule has 1 heterocycles. The molecule has 0 radical (unpaired) electrons. The number of benzene rings is 1. The minimum absolute atomic E-state index is 0.175. The first kappa shape index (κ1) is 14.9. The van der Waals surface area contributed by atoms with Crippen LogP contribution < -0.4 is 4.90 Å². The Balaban J connectivity index is 1.97. The Labute approximate surface area is 119 Å². The van der Waals surface area contributed by atoms with E-state index in [1.807, 2.05) is 6.07 Å². The first-order chi connectivity index (χ1) is 9.61. The van der Waals surface area contributed by atoms with Crippen molar-refractivity contribution in [2.45, 2.75) is 0 Å². The lowest BCUT2D eigenvalue weighted by molar-refractivity contribution is 0.112. The van der Waals surface area contributed by atoms with Gasteiger partial charge in [-0.25, -0.2) is 4.39 Å². The second-order valence-electron chi connectivity index (χ2n) is 5.42. The number of nitrogens with zero attached hydrogens (tertiary/aromatic N) is 3. The molecule has 0 unspecified atom stereocenters. The summed E-state index contributed by atoms with van der Waals surface area (Å²) in [6, 6.07) is 4.82. The van der Waals surface area contributed by atoms with Gasteiger partial charge in [0.15, 0.2) is 6.29 Å². The van der Waals surface area contributed by atoms with Crippen molar-refractivity contribution >= 4 is 12.0 Å². The van der Waals surface area contributed by atoms with Gasteiger partial charge < -0.3 is 9.80 Å². The molecule has 110 valence electrons. The third-order valence-electron chi connectivity index (χ3n) is 3.72. The van der Waals surface area contributed by atoms with Gasteiger partial charge in [0.2, 0.25) is 0 Å². The molecule has 4 nitrogen and oxygen atoms in total. The van der Waals surface area contributed by atoms with Gasteiger partial charge in [0.1, 0.15) is 5.82 Å². The second-order valence-corrected chi connectivity index (χ2v) is 5.42. The number of likely N-dealkylation sites (N-methyl/N-ethyl adjacent to an activating group) is 1. The van der Waals surface area contributed by atoms with Crippen LogP contribution >= 0.6 is 0 Å². The van der Waals surface area contributed by atoms with Crippen molar-refractivity contribution in [1.82, 2.24) is 9.80 Å². The van der Waals surface area contributed by atoms with E-state index in [-0.39, 0.29) is 5.56 Å². The molecule has 0 aliphatic carbocycles. The van der Waals surface area contributed by atoms with Crippen molar-refractivity contribution in [2.75, 3.05) is 58.3 Å². The molecule has 1 aliphatic rings. The Morgan fingerprint density at radius 3 is 2.55 bits per heavy atom. The number of hydrogen-bond donors (Lipinski definition) is 0. The van der Waals surface area contributed by atoms with Crippen LogP contribution in [0.3, 0.4) is 0 Å². The number of hydrogen-bond acceptors (Lipinski definition) is 4. The van der Waals surface area contributed by atoms with Crippen molar-refractivity contribution in [3.63, 3.8) is 0 Å². The summed E-state index contributed by atoms with van der Waals surface area (Å²) < 4.78 is 13.6. The number of aldehydes is 1. The van der Waals surface area contributed by atoms with Gasteiger partial charge in [-0.1, -0.05) is 6.07 Å². The molecule has 0 bridgehead atoms. The number of rotatable bonds is 5. The van der Waals surface area contributed by atoms with Gasteiger partial charge in [-0.2, -0.15) is 0 Å². The van der Waals surface area contributed by atoms with E-state index in [4.69, 9.17) is 0 Å². The molecule has 0 spiro atoms. The van der Waals surface area contributed by atoms with Crippen molar-refractivity contribution in [2.24, 2.45) is 0 Å². The van der Waals surface area contributed by atoms with Crippen LogP contribution in [0.25, 0.3) is 0 Å². The fraction of sp³-hybridized carbons (Fsp3) is 0.533. The summed E-state index contributed by atoms with van der Waals surface area (Å²) in [5.41, 5.74) is 0.890. The lowest BCUT2D eigenvalue weighted by Gasteiger charge is -2.37. The zero-order valence-corrected chi connectivity index (χ0v) is 12.2. The van der Waals surface area contributed by atoms with E-state index >= 15 is 0 Å². The number of carbonyl (C=O) groups is 1. The predicted molar refractivity (Wildman–Crippen MR) is 79.0 cm³/mol. The van der Waals surface area contributed by atoms with Gasteiger partial charge in [-0.3, -0.25) is 9.69 Å². The van der Waals surface area contributed by atoms with Gasteiger partial charge >= 0.3 is 0 Å².